The van der Waals surface area contributed by atoms with Gasteiger partial charge in [-0.2, -0.15) is 9.40 Å². The van der Waals surface area contributed by atoms with Gasteiger partial charge in [-0.1, -0.05) is 26.0 Å². The van der Waals surface area contributed by atoms with Crippen LogP contribution in [0, 0.1) is 19.7 Å². The van der Waals surface area contributed by atoms with Gasteiger partial charge in [0.05, 0.1) is 17.9 Å². The molecule has 0 unspecified atom stereocenters. The molecule has 0 spiro atoms. The third kappa shape index (κ3) is 3.45. The maximum atomic E-state index is 13.3. The summed E-state index contributed by atoms with van der Waals surface area (Å²) in [6.07, 6.45) is 0. The van der Waals surface area contributed by atoms with Gasteiger partial charge in [0.1, 0.15) is 10.7 Å². The first-order valence-corrected chi connectivity index (χ1v) is 9.03. The summed E-state index contributed by atoms with van der Waals surface area (Å²) in [4.78, 5) is 0.248. The number of nitrogens with zero attached hydrogens (tertiary/aromatic N) is 3. The summed E-state index contributed by atoms with van der Waals surface area (Å²) in [5.41, 5.74) is 1.77. The summed E-state index contributed by atoms with van der Waals surface area (Å²) >= 11 is 0. The molecule has 0 bridgehead atoms. The first-order valence-electron chi connectivity index (χ1n) is 7.59. The molecule has 1 aromatic carbocycles. The zero-order valence-corrected chi connectivity index (χ0v) is 14.7. The Labute approximate surface area is 136 Å². The van der Waals surface area contributed by atoms with Crippen LogP contribution in [0.2, 0.25) is 0 Å². The maximum Gasteiger partial charge on any atom is 0.246 e. The SMILES string of the molecule is CCN(CC)S(=O)(=O)c1c(C)nn(Cc2cccc(F)c2)c1C. The summed E-state index contributed by atoms with van der Waals surface area (Å²) in [6.45, 7) is 8.19. The highest BCUT2D eigenvalue weighted by molar-refractivity contribution is 7.89. The Hall–Kier alpha value is -1.73. The van der Waals surface area contributed by atoms with E-state index in [1.54, 1.807) is 30.7 Å². The van der Waals surface area contributed by atoms with Crippen LogP contribution >= 0.6 is 0 Å². The molecule has 1 aromatic heterocycles. The molecule has 0 aliphatic carbocycles. The normalized spacial score (nSPS) is 12.1. The molecular formula is C16H22FN3O2S. The Morgan fingerprint density at radius 3 is 2.43 bits per heavy atom. The topological polar surface area (TPSA) is 55.2 Å². The molecule has 23 heavy (non-hydrogen) atoms. The highest BCUT2D eigenvalue weighted by Gasteiger charge is 2.29. The zero-order valence-electron chi connectivity index (χ0n) is 13.9. The summed E-state index contributed by atoms with van der Waals surface area (Å²) in [5, 5.41) is 4.34. The molecular weight excluding hydrogens is 317 g/mol. The van der Waals surface area contributed by atoms with E-state index in [9.17, 15) is 12.8 Å². The lowest BCUT2D eigenvalue weighted by Gasteiger charge is -2.18. The average Bonchev–Trinajstić information content (AvgIpc) is 2.74. The van der Waals surface area contributed by atoms with Gasteiger partial charge < -0.3 is 0 Å². The van der Waals surface area contributed by atoms with Crippen molar-refractivity contribution in [2.75, 3.05) is 13.1 Å². The lowest BCUT2D eigenvalue weighted by Crippen LogP contribution is -2.31. The van der Waals surface area contributed by atoms with Crippen molar-refractivity contribution in [3.8, 4) is 0 Å². The van der Waals surface area contributed by atoms with Crippen LogP contribution in [0.25, 0.3) is 0 Å². The molecule has 0 amide bonds. The minimum Gasteiger partial charge on any atom is -0.264 e. The Morgan fingerprint density at radius 2 is 1.87 bits per heavy atom. The molecule has 0 atom stereocenters. The zero-order chi connectivity index (χ0) is 17.2. The fourth-order valence-corrected chi connectivity index (χ4v) is 4.54. The van der Waals surface area contributed by atoms with Crippen molar-refractivity contribution in [3.05, 3.63) is 47.0 Å². The summed E-state index contributed by atoms with van der Waals surface area (Å²) in [5.74, 6) is -0.319. The van der Waals surface area contributed by atoms with Crippen LogP contribution in [-0.2, 0) is 16.6 Å². The van der Waals surface area contributed by atoms with Gasteiger partial charge in [-0.3, -0.25) is 4.68 Å². The fourth-order valence-electron chi connectivity index (χ4n) is 2.71. The molecule has 0 aliphatic heterocycles. The number of benzene rings is 1. The van der Waals surface area contributed by atoms with Crippen LogP contribution in [0.4, 0.5) is 4.39 Å². The number of sulfonamides is 1. The van der Waals surface area contributed by atoms with Crippen molar-refractivity contribution in [3.63, 3.8) is 0 Å². The van der Waals surface area contributed by atoms with E-state index in [0.29, 0.717) is 31.0 Å². The Morgan fingerprint density at radius 1 is 1.22 bits per heavy atom. The van der Waals surface area contributed by atoms with Gasteiger partial charge in [0, 0.05) is 13.1 Å². The van der Waals surface area contributed by atoms with Gasteiger partial charge >= 0.3 is 0 Å². The molecule has 5 nitrogen and oxygen atoms in total. The monoisotopic (exact) mass is 339 g/mol. The van der Waals surface area contributed by atoms with Crippen LogP contribution < -0.4 is 0 Å². The van der Waals surface area contributed by atoms with E-state index in [0.717, 1.165) is 5.56 Å². The van der Waals surface area contributed by atoms with Crippen molar-refractivity contribution in [1.82, 2.24) is 14.1 Å². The van der Waals surface area contributed by atoms with Gasteiger partial charge in [0.15, 0.2) is 0 Å². The Kier molecular flexibility index (Phi) is 5.21. The number of aromatic nitrogens is 2. The number of hydrogen-bond acceptors (Lipinski definition) is 3. The average molecular weight is 339 g/mol. The largest absolute Gasteiger partial charge is 0.264 e. The van der Waals surface area contributed by atoms with Crippen LogP contribution in [0.3, 0.4) is 0 Å². The van der Waals surface area contributed by atoms with Gasteiger partial charge in [-0.05, 0) is 31.5 Å². The Balaban J connectivity index is 2.44. The van der Waals surface area contributed by atoms with E-state index in [1.165, 1.54) is 16.4 Å². The molecule has 2 aromatic rings. The first kappa shape index (κ1) is 17.6. The van der Waals surface area contributed by atoms with Gasteiger partial charge in [-0.25, -0.2) is 12.8 Å². The van der Waals surface area contributed by atoms with Gasteiger partial charge in [0.25, 0.3) is 0 Å². The second kappa shape index (κ2) is 6.80. The van der Waals surface area contributed by atoms with Crippen LogP contribution in [0.5, 0.6) is 0 Å². The quantitative estimate of drug-likeness (QED) is 0.813. The van der Waals surface area contributed by atoms with Crippen LogP contribution in [0.1, 0.15) is 30.8 Å². The lowest BCUT2D eigenvalue weighted by molar-refractivity contribution is 0.444. The second-order valence-corrected chi connectivity index (χ2v) is 7.25. The van der Waals surface area contributed by atoms with Crippen molar-refractivity contribution in [2.24, 2.45) is 0 Å². The van der Waals surface area contributed by atoms with Crippen LogP contribution in [0.15, 0.2) is 29.2 Å². The molecule has 0 fully saturated rings. The van der Waals surface area contributed by atoms with Crippen molar-refractivity contribution in [1.29, 1.82) is 0 Å². The van der Waals surface area contributed by atoms with Crippen molar-refractivity contribution >= 4 is 10.0 Å². The minimum absolute atomic E-state index is 0.248. The van der Waals surface area contributed by atoms with E-state index >= 15 is 0 Å². The fraction of sp³-hybridized carbons (Fsp3) is 0.438. The highest BCUT2D eigenvalue weighted by atomic mass is 32.2. The van der Waals surface area contributed by atoms with E-state index in [2.05, 4.69) is 5.10 Å². The molecule has 0 N–H and O–H groups in total. The second-order valence-electron chi connectivity index (χ2n) is 5.38. The van der Waals surface area contributed by atoms with Crippen molar-refractivity contribution in [2.45, 2.75) is 39.1 Å². The van der Waals surface area contributed by atoms with Crippen LogP contribution in [-0.4, -0.2) is 35.6 Å². The molecule has 0 saturated heterocycles. The molecule has 2 rings (SSSR count). The summed E-state index contributed by atoms with van der Waals surface area (Å²) in [6, 6.07) is 6.22. The van der Waals surface area contributed by atoms with E-state index in [1.807, 2.05) is 13.8 Å². The number of rotatable bonds is 6. The predicted octanol–water partition coefficient (Wildman–Crippen LogP) is 2.72. The third-order valence-electron chi connectivity index (χ3n) is 3.84. The van der Waals surface area contributed by atoms with Crippen molar-refractivity contribution < 1.29 is 12.8 Å². The Bertz CT molecular complexity index is 796. The predicted molar refractivity (Wildman–Crippen MR) is 87.3 cm³/mol. The molecule has 0 saturated carbocycles. The molecule has 0 radical (unpaired) electrons. The minimum atomic E-state index is -3.57. The summed E-state index contributed by atoms with van der Waals surface area (Å²) in [7, 11) is -3.57. The number of aryl methyl sites for hydroxylation is 1. The van der Waals surface area contributed by atoms with E-state index in [-0.39, 0.29) is 10.7 Å². The van der Waals surface area contributed by atoms with E-state index in [4.69, 9.17) is 0 Å². The molecule has 0 aliphatic rings. The molecule has 1 heterocycles. The lowest BCUT2D eigenvalue weighted by atomic mass is 10.2. The third-order valence-corrected chi connectivity index (χ3v) is 6.14. The number of halogens is 1. The van der Waals surface area contributed by atoms with Gasteiger partial charge in [-0.15, -0.1) is 0 Å². The maximum absolute atomic E-state index is 13.3. The first-order chi connectivity index (χ1) is 10.8. The smallest absolute Gasteiger partial charge is 0.246 e. The van der Waals surface area contributed by atoms with Gasteiger partial charge in [0.2, 0.25) is 10.0 Å². The standard InChI is InChI=1S/C16H22FN3O2S/c1-5-19(6-2)23(21,22)16-12(3)18-20(13(16)4)11-14-8-7-9-15(17)10-14/h7-10H,5-6,11H2,1-4H3. The molecule has 126 valence electrons. The molecule has 7 heteroatoms. The summed E-state index contributed by atoms with van der Waals surface area (Å²) < 4.78 is 41.9. The number of hydrogen-bond donors (Lipinski definition) is 0. The van der Waals surface area contributed by atoms with E-state index < -0.39 is 10.0 Å². The highest BCUT2D eigenvalue weighted by Crippen LogP contribution is 2.24.